The molecule has 0 bridgehead atoms. The van der Waals surface area contributed by atoms with Gasteiger partial charge in [-0.1, -0.05) is 37.2 Å². The molecule has 2 N–H and O–H groups in total. The average molecular weight is 632 g/mol. The summed E-state index contributed by atoms with van der Waals surface area (Å²) in [6, 6.07) is 7.29. The lowest BCUT2D eigenvalue weighted by Gasteiger charge is -2.11. The summed E-state index contributed by atoms with van der Waals surface area (Å²) in [6.45, 7) is 8.18. The predicted octanol–water partition coefficient (Wildman–Crippen LogP) is 4.40. The van der Waals surface area contributed by atoms with Gasteiger partial charge in [0.1, 0.15) is 15.6 Å². The first kappa shape index (κ1) is 33.6. The predicted molar refractivity (Wildman–Crippen MR) is 164 cm³/mol. The number of nitrogens with zero attached hydrogens (tertiary/aromatic N) is 3. The van der Waals surface area contributed by atoms with Crippen molar-refractivity contribution in [2.24, 2.45) is 0 Å². The molecular formula is C29H37N5O7S2. The van der Waals surface area contributed by atoms with Crippen LogP contribution in [0.15, 0.2) is 29.4 Å². The molecule has 0 aliphatic heterocycles. The highest BCUT2D eigenvalue weighted by molar-refractivity contribution is 7.99. The molecule has 2 heterocycles. The Morgan fingerprint density at radius 2 is 1.67 bits per heavy atom. The van der Waals surface area contributed by atoms with Gasteiger partial charge in [0.2, 0.25) is 11.8 Å². The monoisotopic (exact) mass is 631 g/mol. The van der Waals surface area contributed by atoms with E-state index in [2.05, 4.69) is 27.8 Å². The Morgan fingerprint density at radius 3 is 2.33 bits per heavy atom. The molecule has 0 atom stereocenters. The molecule has 0 fully saturated rings. The van der Waals surface area contributed by atoms with E-state index in [9.17, 15) is 19.2 Å². The van der Waals surface area contributed by atoms with Crippen LogP contribution in [-0.2, 0) is 38.6 Å². The molecule has 0 unspecified atom stereocenters. The minimum absolute atomic E-state index is 0.0258. The van der Waals surface area contributed by atoms with Crippen molar-refractivity contribution in [2.75, 3.05) is 31.4 Å². The Hall–Kier alpha value is -3.91. The smallest absolute Gasteiger partial charge is 0.348 e. The SMILES string of the molecule is CCCCn1c(CNC(=O)Cc2ccc(OC)cc2)nnc1SCC(=O)Nc1sc(C(=O)OCC)c(C)c1C(=O)OCC. The van der Waals surface area contributed by atoms with Gasteiger partial charge in [-0.25, -0.2) is 9.59 Å². The van der Waals surface area contributed by atoms with Crippen LogP contribution in [-0.4, -0.2) is 64.6 Å². The number of hydrogen-bond donors (Lipinski definition) is 2. The zero-order valence-electron chi connectivity index (χ0n) is 25.0. The van der Waals surface area contributed by atoms with Crippen LogP contribution in [0.2, 0.25) is 0 Å². The van der Waals surface area contributed by atoms with Gasteiger partial charge in [0, 0.05) is 6.54 Å². The zero-order valence-corrected chi connectivity index (χ0v) is 26.6. The number of anilines is 1. The number of carbonyl (C=O) groups excluding carboxylic acids is 4. The lowest BCUT2D eigenvalue weighted by Crippen LogP contribution is -2.26. The van der Waals surface area contributed by atoms with Crippen molar-refractivity contribution in [3.8, 4) is 5.75 Å². The Balaban J connectivity index is 1.67. The van der Waals surface area contributed by atoms with Crippen LogP contribution in [0.25, 0.3) is 0 Å². The van der Waals surface area contributed by atoms with Gasteiger partial charge < -0.3 is 29.4 Å². The Morgan fingerprint density at radius 1 is 0.977 bits per heavy atom. The lowest BCUT2D eigenvalue weighted by molar-refractivity contribution is -0.120. The number of thiophene rings is 1. The second-order valence-corrected chi connectivity index (χ2v) is 11.2. The van der Waals surface area contributed by atoms with Crippen molar-refractivity contribution in [2.45, 2.75) is 65.2 Å². The number of esters is 2. The molecule has 0 spiro atoms. The number of rotatable bonds is 16. The van der Waals surface area contributed by atoms with Crippen molar-refractivity contribution < 1.29 is 33.4 Å². The summed E-state index contributed by atoms with van der Waals surface area (Å²) in [5.74, 6) is -0.482. The molecular weight excluding hydrogens is 594 g/mol. The number of carbonyl (C=O) groups is 4. The van der Waals surface area contributed by atoms with Crippen molar-refractivity contribution in [3.63, 3.8) is 0 Å². The number of unbranched alkanes of at least 4 members (excludes halogenated alkanes) is 1. The van der Waals surface area contributed by atoms with Crippen LogP contribution < -0.4 is 15.4 Å². The lowest BCUT2D eigenvalue weighted by atomic mass is 10.1. The first-order valence-electron chi connectivity index (χ1n) is 13.9. The van der Waals surface area contributed by atoms with Crippen LogP contribution in [0, 0.1) is 6.92 Å². The van der Waals surface area contributed by atoms with E-state index in [-0.39, 0.29) is 53.3 Å². The molecule has 0 radical (unpaired) electrons. The van der Waals surface area contributed by atoms with E-state index in [1.807, 2.05) is 16.7 Å². The molecule has 2 amide bonds. The van der Waals surface area contributed by atoms with Crippen molar-refractivity contribution in [3.05, 3.63) is 51.7 Å². The molecule has 3 rings (SSSR count). The van der Waals surface area contributed by atoms with Crippen LogP contribution in [0.5, 0.6) is 5.75 Å². The number of hydrogen-bond acceptors (Lipinski definition) is 11. The highest BCUT2D eigenvalue weighted by Gasteiger charge is 2.27. The Kier molecular flexibility index (Phi) is 13.0. The van der Waals surface area contributed by atoms with Crippen LogP contribution in [0.3, 0.4) is 0 Å². The van der Waals surface area contributed by atoms with E-state index in [0.29, 0.717) is 23.1 Å². The first-order valence-corrected chi connectivity index (χ1v) is 15.7. The third-order valence-corrected chi connectivity index (χ3v) is 8.32. The summed E-state index contributed by atoms with van der Waals surface area (Å²) >= 11 is 2.16. The van der Waals surface area contributed by atoms with Crippen LogP contribution in [0.1, 0.15) is 70.6 Å². The summed E-state index contributed by atoms with van der Waals surface area (Å²) in [4.78, 5) is 50.8. The van der Waals surface area contributed by atoms with Gasteiger partial charge in [-0.15, -0.1) is 21.5 Å². The number of nitrogens with one attached hydrogen (secondary N) is 2. The molecule has 14 heteroatoms. The van der Waals surface area contributed by atoms with E-state index >= 15 is 0 Å². The number of benzene rings is 1. The van der Waals surface area contributed by atoms with Gasteiger partial charge in [0.25, 0.3) is 0 Å². The Bertz CT molecular complexity index is 1420. The molecule has 0 saturated carbocycles. The molecule has 12 nitrogen and oxygen atoms in total. The van der Waals surface area contributed by atoms with Gasteiger partial charge in [0.15, 0.2) is 11.0 Å². The fraction of sp³-hybridized carbons (Fsp3) is 0.448. The quantitative estimate of drug-likeness (QED) is 0.172. The van der Waals surface area contributed by atoms with Gasteiger partial charge in [-0.05, 0) is 50.5 Å². The minimum atomic E-state index is -0.632. The summed E-state index contributed by atoms with van der Waals surface area (Å²) < 4.78 is 17.3. The van der Waals surface area contributed by atoms with Crippen molar-refractivity contribution >= 4 is 51.9 Å². The largest absolute Gasteiger partial charge is 0.497 e. The van der Waals surface area contributed by atoms with Gasteiger partial charge in [-0.3, -0.25) is 9.59 Å². The standard InChI is InChI=1S/C29H37N5O7S2/c1-6-9-14-34-21(16-30-22(35)15-19-10-12-20(39-5)13-11-19)32-33-29(34)42-17-23(36)31-26-24(27(37)40-7-2)18(4)25(43-26)28(38)41-8-3/h10-13H,6-9,14-17H2,1-5H3,(H,30,35)(H,31,36). The highest BCUT2D eigenvalue weighted by Crippen LogP contribution is 2.34. The van der Waals surface area contributed by atoms with Gasteiger partial charge in [0.05, 0.1) is 44.6 Å². The third kappa shape index (κ3) is 9.29. The summed E-state index contributed by atoms with van der Waals surface area (Å²) in [5.41, 5.74) is 1.38. The van der Waals surface area contributed by atoms with E-state index in [0.717, 1.165) is 35.5 Å². The van der Waals surface area contributed by atoms with E-state index in [1.54, 1.807) is 40.0 Å². The normalized spacial score (nSPS) is 10.7. The second-order valence-electron chi connectivity index (χ2n) is 9.24. The average Bonchev–Trinajstić information content (AvgIpc) is 3.53. The molecule has 232 valence electrons. The fourth-order valence-electron chi connectivity index (χ4n) is 4.00. The summed E-state index contributed by atoms with van der Waals surface area (Å²) in [5, 5.41) is 14.9. The first-order chi connectivity index (χ1) is 20.7. The molecule has 43 heavy (non-hydrogen) atoms. The summed E-state index contributed by atoms with van der Waals surface area (Å²) in [7, 11) is 1.59. The molecule has 0 saturated heterocycles. The van der Waals surface area contributed by atoms with E-state index < -0.39 is 17.8 Å². The molecule has 0 aliphatic rings. The van der Waals surface area contributed by atoms with E-state index in [1.165, 1.54) is 11.8 Å². The maximum atomic E-state index is 13.0. The highest BCUT2D eigenvalue weighted by atomic mass is 32.2. The maximum Gasteiger partial charge on any atom is 0.348 e. The van der Waals surface area contributed by atoms with Crippen molar-refractivity contribution in [1.82, 2.24) is 20.1 Å². The minimum Gasteiger partial charge on any atom is -0.497 e. The maximum absolute atomic E-state index is 13.0. The van der Waals surface area contributed by atoms with Crippen LogP contribution in [0.4, 0.5) is 5.00 Å². The molecule has 3 aromatic rings. The fourth-order valence-corrected chi connectivity index (χ4v) is 5.89. The third-order valence-electron chi connectivity index (χ3n) is 6.17. The Labute approximate surface area is 258 Å². The van der Waals surface area contributed by atoms with Gasteiger partial charge in [-0.2, -0.15) is 0 Å². The number of thioether (sulfide) groups is 1. The second kappa shape index (κ2) is 16.7. The zero-order chi connectivity index (χ0) is 31.4. The molecule has 2 aromatic heterocycles. The summed E-state index contributed by atoms with van der Waals surface area (Å²) in [6.07, 6.45) is 2.00. The topological polar surface area (TPSA) is 151 Å². The number of ether oxygens (including phenoxy) is 3. The van der Waals surface area contributed by atoms with Gasteiger partial charge >= 0.3 is 11.9 Å². The van der Waals surface area contributed by atoms with E-state index in [4.69, 9.17) is 14.2 Å². The van der Waals surface area contributed by atoms with Crippen LogP contribution >= 0.6 is 23.1 Å². The molecule has 0 aliphatic carbocycles. The number of aromatic nitrogens is 3. The number of amides is 2. The number of methoxy groups -OCH3 is 1. The van der Waals surface area contributed by atoms with Crippen molar-refractivity contribution in [1.29, 1.82) is 0 Å². The molecule has 1 aromatic carbocycles.